The molecule has 0 unspecified atom stereocenters. The smallest absolute Gasteiger partial charge is 0.278 e. The van der Waals surface area contributed by atoms with Crippen molar-refractivity contribution in [1.29, 1.82) is 0 Å². The minimum atomic E-state index is -0.387. The summed E-state index contributed by atoms with van der Waals surface area (Å²) in [7, 11) is 3.08. The lowest BCUT2D eigenvalue weighted by atomic mass is 10.0. The minimum Gasteiger partial charge on any atom is -0.493 e. The van der Waals surface area contributed by atoms with Crippen molar-refractivity contribution in [1.82, 2.24) is 9.88 Å². The molecule has 7 heteroatoms. The van der Waals surface area contributed by atoms with Gasteiger partial charge in [-0.05, 0) is 60.9 Å². The number of nitrogens with zero attached hydrogens (tertiary/aromatic N) is 2. The molecule has 33 heavy (non-hydrogen) atoms. The van der Waals surface area contributed by atoms with Crippen LogP contribution in [0.25, 0.3) is 5.57 Å². The number of nitrogens with one attached hydrogen (secondary N) is 1. The normalized spacial score (nSPS) is 13.5. The van der Waals surface area contributed by atoms with Crippen molar-refractivity contribution in [2.45, 2.75) is 20.4 Å². The van der Waals surface area contributed by atoms with Crippen LogP contribution in [0.4, 0.5) is 5.69 Å². The van der Waals surface area contributed by atoms with E-state index in [-0.39, 0.29) is 29.6 Å². The van der Waals surface area contributed by atoms with Gasteiger partial charge in [0.25, 0.3) is 11.8 Å². The van der Waals surface area contributed by atoms with Gasteiger partial charge < -0.3 is 14.8 Å². The van der Waals surface area contributed by atoms with Crippen LogP contribution < -0.4 is 14.8 Å². The first kappa shape index (κ1) is 22.1. The molecule has 3 aromatic rings. The zero-order valence-corrected chi connectivity index (χ0v) is 19.0. The molecule has 1 aromatic heterocycles. The van der Waals surface area contributed by atoms with Gasteiger partial charge in [0.1, 0.15) is 5.70 Å². The zero-order chi connectivity index (χ0) is 23.5. The number of hydrogen-bond acceptors (Lipinski definition) is 6. The Bertz CT molecular complexity index is 1250. The lowest BCUT2D eigenvalue weighted by Gasteiger charge is -2.16. The predicted octanol–water partition coefficient (Wildman–Crippen LogP) is 4.11. The summed E-state index contributed by atoms with van der Waals surface area (Å²) in [6.45, 7) is 4.11. The highest BCUT2D eigenvalue weighted by molar-refractivity contribution is 6.36. The number of anilines is 1. The summed E-state index contributed by atoms with van der Waals surface area (Å²) in [5.74, 6) is 0.246. The second kappa shape index (κ2) is 9.16. The number of benzene rings is 2. The monoisotopic (exact) mass is 443 g/mol. The summed E-state index contributed by atoms with van der Waals surface area (Å²) in [5.41, 5.74) is 4.74. The topological polar surface area (TPSA) is 80.8 Å². The number of carbonyl (C=O) groups excluding carboxylic acids is 2. The zero-order valence-electron chi connectivity index (χ0n) is 19.0. The number of aromatic nitrogens is 1. The van der Waals surface area contributed by atoms with Crippen LogP contribution in [-0.4, -0.2) is 35.9 Å². The molecule has 168 valence electrons. The molecular weight excluding hydrogens is 418 g/mol. The molecule has 1 aliphatic heterocycles. The van der Waals surface area contributed by atoms with E-state index in [1.807, 2.05) is 32.0 Å². The first-order chi connectivity index (χ1) is 15.9. The molecule has 0 bridgehead atoms. The molecule has 0 radical (unpaired) electrons. The van der Waals surface area contributed by atoms with Crippen molar-refractivity contribution in [2.75, 3.05) is 19.5 Å². The molecular formula is C26H25N3O4. The van der Waals surface area contributed by atoms with Crippen molar-refractivity contribution >= 4 is 23.1 Å². The first-order valence-corrected chi connectivity index (χ1v) is 10.5. The number of imide groups is 1. The summed E-state index contributed by atoms with van der Waals surface area (Å²) >= 11 is 0. The summed E-state index contributed by atoms with van der Waals surface area (Å²) in [6, 6.07) is 14.6. The Balaban J connectivity index is 1.80. The van der Waals surface area contributed by atoms with E-state index < -0.39 is 0 Å². The van der Waals surface area contributed by atoms with Gasteiger partial charge in [-0.3, -0.25) is 19.5 Å². The van der Waals surface area contributed by atoms with Gasteiger partial charge in [-0.15, -0.1) is 0 Å². The molecule has 0 aliphatic carbocycles. The van der Waals surface area contributed by atoms with Crippen LogP contribution in [-0.2, 0) is 16.1 Å². The lowest BCUT2D eigenvalue weighted by Crippen LogP contribution is -2.32. The van der Waals surface area contributed by atoms with Crippen LogP contribution in [0.15, 0.2) is 66.6 Å². The quantitative estimate of drug-likeness (QED) is 0.554. The number of amides is 2. The molecule has 2 aromatic carbocycles. The molecule has 1 N–H and O–H groups in total. The summed E-state index contributed by atoms with van der Waals surface area (Å²) in [4.78, 5) is 32.3. The van der Waals surface area contributed by atoms with E-state index in [0.717, 1.165) is 22.4 Å². The standard InChI is InChI=1S/C26H25N3O4/c1-16-5-7-20(17(2)13-16)28-24-23(19-6-8-21(32-3)22(14-19)33-4)25(30)29(26(24)31)15-18-9-11-27-12-10-18/h5-14,28H,15H2,1-4H3. The van der Waals surface area contributed by atoms with E-state index in [1.165, 1.54) is 12.0 Å². The lowest BCUT2D eigenvalue weighted by molar-refractivity contribution is -0.137. The number of ether oxygens (including phenoxy) is 2. The Hall–Kier alpha value is -4.13. The van der Waals surface area contributed by atoms with Crippen LogP contribution in [0, 0.1) is 13.8 Å². The number of pyridine rings is 1. The molecule has 7 nitrogen and oxygen atoms in total. The van der Waals surface area contributed by atoms with E-state index >= 15 is 0 Å². The van der Waals surface area contributed by atoms with Crippen LogP contribution in [0.2, 0.25) is 0 Å². The molecule has 0 atom stereocenters. The predicted molar refractivity (Wildman–Crippen MR) is 126 cm³/mol. The Morgan fingerprint density at radius 1 is 0.879 bits per heavy atom. The number of methoxy groups -OCH3 is 2. The maximum atomic E-state index is 13.5. The molecule has 0 saturated heterocycles. The van der Waals surface area contributed by atoms with Crippen LogP contribution in [0.5, 0.6) is 11.5 Å². The van der Waals surface area contributed by atoms with E-state index in [2.05, 4.69) is 10.3 Å². The molecule has 2 heterocycles. The number of carbonyl (C=O) groups is 2. The van der Waals surface area contributed by atoms with Crippen molar-refractivity contribution in [3.05, 3.63) is 88.9 Å². The van der Waals surface area contributed by atoms with Gasteiger partial charge in [-0.2, -0.15) is 0 Å². The van der Waals surface area contributed by atoms with Crippen LogP contribution >= 0.6 is 0 Å². The Morgan fingerprint density at radius 2 is 1.61 bits per heavy atom. The second-order valence-electron chi connectivity index (χ2n) is 7.82. The van der Waals surface area contributed by atoms with Crippen LogP contribution in [0.3, 0.4) is 0 Å². The number of hydrogen-bond donors (Lipinski definition) is 1. The highest BCUT2D eigenvalue weighted by Gasteiger charge is 2.39. The Kier molecular flexibility index (Phi) is 6.13. The fourth-order valence-electron chi connectivity index (χ4n) is 3.85. The first-order valence-electron chi connectivity index (χ1n) is 10.5. The van der Waals surface area contributed by atoms with E-state index in [9.17, 15) is 9.59 Å². The van der Waals surface area contributed by atoms with Gasteiger partial charge in [0, 0.05) is 18.1 Å². The maximum Gasteiger partial charge on any atom is 0.278 e. The Labute approximate surface area is 192 Å². The molecule has 0 spiro atoms. The van der Waals surface area contributed by atoms with Gasteiger partial charge in [-0.25, -0.2) is 0 Å². The number of aryl methyl sites for hydroxylation is 2. The van der Waals surface area contributed by atoms with Crippen molar-refractivity contribution in [3.8, 4) is 11.5 Å². The third-order valence-corrected chi connectivity index (χ3v) is 5.57. The molecule has 0 fully saturated rings. The molecule has 2 amide bonds. The average molecular weight is 444 g/mol. The summed E-state index contributed by atoms with van der Waals surface area (Å²) < 4.78 is 10.7. The van der Waals surface area contributed by atoms with Gasteiger partial charge in [0.15, 0.2) is 11.5 Å². The minimum absolute atomic E-state index is 0.148. The Morgan fingerprint density at radius 3 is 2.27 bits per heavy atom. The molecule has 4 rings (SSSR count). The van der Waals surface area contributed by atoms with E-state index in [4.69, 9.17) is 9.47 Å². The van der Waals surface area contributed by atoms with Crippen molar-refractivity contribution in [3.63, 3.8) is 0 Å². The van der Waals surface area contributed by atoms with Gasteiger partial charge in [0.05, 0.1) is 26.3 Å². The third-order valence-electron chi connectivity index (χ3n) is 5.57. The largest absolute Gasteiger partial charge is 0.493 e. The SMILES string of the molecule is COc1ccc(C2=C(Nc3ccc(C)cc3C)C(=O)N(Cc3ccncc3)C2=O)cc1OC. The molecule has 0 saturated carbocycles. The number of rotatable bonds is 7. The molecule has 1 aliphatic rings. The summed E-state index contributed by atoms with van der Waals surface area (Å²) in [6.07, 6.45) is 3.27. The van der Waals surface area contributed by atoms with Gasteiger partial charge in [0.2, 0.25) is 0 Å². The van der Waals surface area contributed by atoms with Crippen molar-refractivity contribution < 1.29 is 19.1 Å². The average Bonchev–Trinajstić information content (AvgIpc) is 3.05. The third kappa shape index (κ3) is 4.30. The highest BCUT2D eigenvalue weighted by Crippen LogP contribution is 2.36. The van der Waals surface area contributed by atoms with Gasteiger partial charge in [-0.1, -0.05) is 23.8 Å². The van der Waals surface area contributed by atoms with E-state index in [1.54, 1.807) is 49.8 Å². The summed E-state index contributed by atoms with van der Waals surface area (Å²) in [5, 5.41) is 3.23. The van der Waals surface area contributed by atoms with E-state index in [0.29, 0.717) is 17.1 Å². The van der Waals surface area contributed by atoms with Gasteiger partial charge >= 0.3 is 0 Å². The highest BCUT2D eigenvalue weighted by atomic mass is 16.5. The second-order valence-corrected chi connectivity index (χ2v) is 7.82. The van der Waals surface area contributed by atoms with Crippen LogP contribution in [0.1, 0.15) is 22.3 Å². The maximum absolute atomic E-state index is 13.5. The fraction of sp³-hybridized carbons (Fsp3) is 0.192. The fourth-order valence-corrected chi connectivity index (χ4v) is 3.85. The van der Waals surface area contributed by atoms with Crippen molar-refractivity contribution in [2.24, 2.45) is 0 Å².